The van der Waals surface area contributed by atoms with Crippen LogP contribution >= 0.6 is 0 Å². The summed E-state index contributed by atoms with van der Waals surface area (Å²) in [5, 5.41) is 0. The van der Waals surface area contributed by atoms with E-state index in [0.717, 1.165) is 39.5 Å². The third kappa shape index (κ3) is 3.91. The first kappa shape index (κ1) is 21.6. The summed E-state index contributed by atoms with van der Waals surface area (Å²) in [6.45, 7) is 6.65. The molecule has 0 saturated heterocycles. The predicted octanol–water partition coefficient (Wildman–Crippen LogP) is 5.11. The molecule has 1 aliphatic heterocycles. The molecule has 2 aliphatic rings. The number of nitrogens with one attached hydrogen (secondary N) is 1. The summed E-state index contributed by atoms with van der Waals surface area (Å²) in [5.74, 6) is 3.39. The molecule has 6 rings (SSSR count). The quantitative estimate of drug-likeness (QED) is 0.409. The van der Waals surface area contributed by atoms with Gasteiger partial charge in [-0.25, -0.2) is 4.98 Å². The Labute approximate surface area is 203 Å². The van der Waals surface area contributed by atoms with Crippen molar-refractivity contribution >= 4 is 16.9 Å². The number of aryl methyl sites for hydroxylation is 1. The second-order valence-corrected chi connectivity index (χ2v) is 10.5. The van der Waals surface area contributed by atoms with Crippen molar-refractivity contribution in [1.29, 1.82) is 0 Å². The number of rotatable bonds is 6. The molecule has 1 amide bonds. The van der Waals surface area contributed by atoms with Crippen LogP contribution in [0.3, 0.4) is 0 Å². The summed E-state index contributed by atoms with van der Waals surface area (Å²) < 4.78 is 12.4. The van der Waals surface area contributed by atoms with Crippen molar-refractivity contribution in [2.45, 2.75) is 57.0 Å². The molecule has 0 radical (unpaired) electrons. The summed E-state index contributed by atoms with van der Waals surface area (Å²) in [6, 6.07) is 14.2. The van der Waals surface area contributed by atoms with Crippen LogP contribution in [0.4, 0.5) is 0 Å². The van der Waals surface area contributed by atoms with Gasteiger partial charge >= 0.3 is 0 Å². The zero-order valence-electron chi connectivity index (χ0n) is 20.0. The number of pyridine rings is 1. The molecule has 1 fully saturated rings. The maximum atomic E-state index is 11.2. The molecule has 7 heteroatoms. The Kier molecular flexibility index (Phi) is 4.85. The number of benzene rings is 2. The first-order chi connectivity index (χ1) is 16.8. The molecule has 7 nitrogen and oxygen atoms in total. The average molecular weight is 469 g/mol. The summed E-state index contributed by atoms with van der Waals surface area (Å²) in [7, 11) is 0. The van der Waals surface area contributed by atoms with Crippen LogP contribution in [0, 0.1) is 0 Å². The first-order valence-corrected chi connectivity index (χ1v) is 12.0. The molecule has 3 heterocycles. The van der Waals surface area contributed by atoms with Crippen molar-refractivity contribution in [3.05, 3.63) is 77.4 Å². The molecular formula is C28H28N4O3. The fourth-order valence-electron chi connectivity index (χ4n) is 4.97. The molecule has 1 aliphatic carbocycles. The Morgan fingerprint density at radius 2 is 2.00 bits per heavy atom. The SMILES string of the molecule is CC(C)(C)c1ccc2nc(C3C4Oc5ccc(Oc6ccncc6CCC(N)=O)cc5C43)[nH]c2c1. The number of nitrogens with two attached hydrogens (primary N) is 1. The predicted molar refractivity (Wildman–Crippen MR) is 133 cm³/mol. The lowest BCUT2D eigenvalue weighted by Crippen LogP contribution is -2.11. The van der Waals surface area contributed by atoms with Crippen LogP contribution in [0.5, 0.6) is 17.2 Å². The second-order valence-electron chi connectivity index (χ2n) is 10.5. The molecular weight excluding hydrogens is 440 g/mol. The van der Waals surface area contributed by atoms with Crippen molar-refractivity contribution in [3.8, 4) is 17.2 Å². The third-order valence-electron chi connectivity index (χ3n) is 6.97. The lowest BCUT2D eigenvalue weighted by atomic mass is 9.87. The number of primary amides is 1. The van der Waals surface area contributed by atoms with Gasteiger partial charge in [0, 0.05) is 35.9 Å². The van der Waals surface area contributed by atoms with Gasteiger partial charge < -0.3 is 20.2 Å². The molecule has 178 valence electrons. The number of hydrogen-bond acceptors (Lipinski definition) is 5. The highest BCUT2D eigenvalue weighted by Gasteiger charge is 2.61. The van der Waals surface area contributed by atoms with E-state index < -0.39 is 0 Å². The molecule has 4 aromatic rings. The highest BCUT2D eigenvalue weighted by atomic mass is 16.5. The largest absolute Gasteiger partial charge is 0.489 e. The standard InChI is InChI=1S/C28H28N4O3/c1-28(2,3)16-5-7-19-20(12-16)32-27(31-19)25-24-18-13-17(6-8-22(18)35-26(24)25)34-21-10-11-30-14-15(21)4-9-23(29)33/h5-8,10-14,24-26H,4,9H2,1-3H3,(H2,29,33)(H,31,32). The smallest absolute Gasteiger partial charge is 0.217 e. The minimum Gasteiger partial charge on any atom is -0.489 e. The minimum atomic E-state index is -0.347. The van der Waals surface area contributed by atoms with E-state index >= 15 is 0 Å². The van der Waals surface area contributed by atoms with Gasteiger partial charge in [0.25, 0.3) is 0 Å². The summed E-state index contributed by atoms with van der Waals surface area (Å²) in [4.78, 5) is 23.8. The molecule has 0 bridgehead atoms. The maximum absolute atomic E-state index is 11.2. The van der Waals surface area contributed by atoms with Gasteiger partial charge in [0.1, 0.15) is 29.2 Å². The molecule has 35 heavy (non-hydrogen) atoms. The van der Waals surface area contributed by atoms with Crippen LogP contribution in [0.15, 0.2) is 54.9 Å². The lowest BCUT2D eigenvalue weighted by molar-refractivity contribution is -0.117. The molecule has 3 N–H and O–H groups in total. The molecule has 1 saturated carbocycles. The topological polar surface area (TPSA) is 103 Å². The number of fused-ring (bicyclic) bond motifs is 4. The fraction of sp³-hybridized carbons (Fsp3) is 0.321. The Hall–Kier alpha value is -3.87. The Bertz CT molecular complexity index is 1450. The molecule has 3 atom stereocenters. The summed E-state index contributed by atoms with van der Waals surface area (Å²) in [5.41, 5.74) is 10.7. The van der Waals surface area contributed by atoms with Gasteiger partial charge in [-0.15, -0.1) is 0 Å². The van der Waals surface area contributed by atoms with E-state index in [1.54, 1.807) is 12.4 Å². The molecule has 0 spiro atoms. The van der Waals surface area contributed by atoms with Crippen LogP contribution in [0.2, 0.25) is 0 Å². The van der Waals surface area contributed by atoms with Crippen molar-refractivity contribution in [3.63, 3.8) is 0 Å². The number of nitrogens with zero attached hydrogens (tertiary/aromatic N) is 2. The summed E-state index contributed by atoms with van der Waals surface area (Å²) >= 11 is 0. The molecule has 2 aromatic carbocycles. The van der Waals surface area contributed by atoms with Gasteiger partial charge in [-0.3, -0.25) is 9.78 Å². The Morgan fingerprint density at radius 1 is 1.14 bits per heavy atom. The van der Waals surface area contributed by atoms with E-state index in [1.807, 2.05) is 18.2 Å². The number of amides is 1. The van der Waals surface area contributed by atoms with Gasteiger partial charge in [0.2, 0.25) is 5.91 Å². The Morgan fingerprint density at radius 3 is 2.80 bits per heavy atom. The number of aromatic amines is 1. The van der Waals surface area contributed by atoms with E-state index in [9.17, 15) is 4.79 Å². The van der Waals surface area contributed by atoms with Crippen LogP contribution in [0.1, 0.15) is 61.5 Å². The first-order valence-electron chi connectivity index (χ1n) is 12.0. The summed E-state index contributed by atoms with van der Waals surface area (Å²) in [6.07, 6.45) is 4.23. The van der Waals surface area contributed by atoms with E-state index in [0.29, 0.717) is 12.2 Å². The number of ether oxygens (including phenoxy) is 2. The average Bonchev–Trinajstić information content (AvgIpc) is 3.17. The lowest BCUT2D eigenvalue weighted by Gasteiger charge is -2.18. The molecule has 2 aromatic heterocycles. The zero-order chi connectivity index (χ0) is 24.3. The third-order valence-corrected chi connectivity index (χ3v) is 6.97. The minimum absolute atomic E-state index is 0.0858. The monoisotopic (exact) mass is 468 g/mol. The van der Waals surface area contributed by atoms with Gasteiger partial charge in [-0.2, -0.15) is 0 Å². The Balaban J connectivity index is 1.24. The number of hydrogen-bond donors (Lipinski definition) is 2. The van der Waals surface area contributed by atoms with E-state index in [4.69, 9.17) is 20.2 Å². The van der Waals surface area contributed by atoms with Gasteiger partial charge in [-0.1, -0.05) is 26.8 Å². The van der Waals surface area contributed by atoms with Gasteiger partial charge in [-0.05, 0) is 53.8 Å². The highest BCUT2D eigenvalue weighted by molar-refractivity contribution is 5.77. The van der Waals surface area contributed by atoms with E-state index in [-0.39, 0.29) is 35.7 Å². The molecule has 3 unspecified atom stereocenters. The van der Waals surface area contributed by atoms with Crippen molar-refractivity contribution < 1.29 is 14.3 Å². The highest BCUT2D eigenvalue weighted by Crippen LogP contribution is 2.63. The number of carbonyl (C=O) groups excluding carboxylic acids is 1. The second kappa shape index (κ2) is 7.83. The number of H-pyrrole nitrogens is 1. The normalized spacial score (nSPS) is 20.3. The van der Waals surface area contributed by atoms with Crippen molar-refractivity contribution in [2.75, 3.05) is 0 Å². The van der Waals surface area contributed by atoms with E-state index in [1.165, 1.54) is 5.56 Å². The van der Waals surface area contributed by atoms with Gasteiger partial charge in [0.15, 0.2) is 0 Å². The van der Waals surface area contributed by atoms with Gasteiger partial charge in [0.05, 0.1) is 17.0 Å². The fourth-order valence-corrected chi connectivity index (χ4v) is 4.97. The van der Waals surface area contributed by atoms with Crippen LogP contribution in [0.25, 0.3) is 11.0 Å². The number of aromatic nitrogens is 3. The van der Waals surface area contributed by atoms with Crippen LogP contribution < -0.4 is 15.2 Å². The van der Waals surface area contributed by atoms with Crippen LogP contribution in [-0.4, -0.2) is 27.0 Å². The maximum Gasteiger partial charge on any atom is 0.217 e. The number of carbonyl (C=O) groups is 1. The number of imidazole rings is 1. The van der Waals surface area contributed by atoms with Crippen LogP contribution in [-0.2, 0) is 16.6 Å². The van der Waals surface area contributed by atoms with Crippen molar-refractivity contribution in [2.24, 2.45) is 5.73 Å². The zero-order valence-corrected chi connectivity index (χ0v) is 20.0. The van der Waals surface area contributed by atoms with E-state index in [2.05, 4.69) is 55.0 Å². The van der Waals surface area contributed by atoms with Crippen molar-refractivity contribution in [1.82, 2.24) is 15.0 Å².